The molecule has 0 aliphatic carbocycles. The monoisotopic (exact) mass is 392 g/mol. The van der Waals surface area contributed by atoms with Crippen molar-refractivity contribution in [3.63, 3.8) is 0 Å². The summed E-state index contributed by atoms with van der Waals surface area (Å²) in [6.07, 6.45) is 1.28. The second-order valence-electron chi connectivity index (χ2n) is 7.02. The van der Waals surface area contributed by atoms with Crippen LogP contribution in [0.4, 0.5) is 15.8 Å². The molecule has 6 heteroatoms. The van der Waals surface area contributed by atoms with Gasteiger partial charge in [-0.05, 0) is 47.9 Å². The van der Waals surface area contributed by atoms with Crippen LogP contribution in [-0.4, -0.2) is 19.4 Å². The Morgan fingerprint density at radius 1 is 1.00 bits per heavy atom. The van der Waals surface area contributed by atoms with Crippen LogP contribution in [0.25, 0.3) is 0 Å². The van der Waals surface area contributed by atoms with Gasteiger partial charge < -0.3 is 10.5 Å². The van der Waals surface area contributed by atoms with Crippen LogP contribution in [0, 0.1) is 5.82 Å². The zero-order chi connectivity index (χ0) is 20.4. The van der Waals surface area contributed by atoms with Crippen LogP contribution in [0.3, 0.4) is 0 Å². The molecule has 0 fully saturated rings. The Labute approximate surface area is 169 Å². The highest BCUT2D eigenvalue weighted by atomic mass is 19.1. The molecule has 0 saturated carbocycles. The Balaban J connectivity index is 1.84. The molecule has 1 heterocycles. The van der Waals surface area contributed by atoms with E-state index in [4.69, 9.17) is 20.4 Å². The second-order valence-corrected chi connectivity index (χ2v) is 7.02. The zero-order valence-corrected chi connectivity index (χ0v) is 16.3. The molecule has 0 radical (unpaired) electrons. The van der Waals surface area contributed by atoms with Crippen molar-refractivity contribution >= 4 is 17.6 Å². The van der Waals surface area contributed by atoms with Crippen LogP contribution in [0.2, 0.25) is 0 Å². The summed E-state index contributed by atoms with van der Waals surface area (Å²) in [4.78, 5) is 6.64. The number of para-hydroxylation sites is 1. The molecule has 29 heavy (non-hydrogen) atoms. The van der Waals surface area contributed by atoms with Gasteiger partial charge >= 0.3 is 0 Å². The Morgan fingerprint density at radius 3 is 2.48 bits per heavy atom. The molecular formula is C23H23FN3O2+. The van der Waals surface area contributed by atoms with Gasteiger partial charge in [-0.3, -0.25) is 0 Å². The molecule has 3 atom stereocenters. The summed E-state index contributed by atoms with van der Waals surface area (Å²) in [6, 6.07) is 21.3. The average molecular weight is 392 g/mol. The third-order valence-corrected chi connectivity index (χ3v) is 4.97. The molecule has 1 aliphatic heterocycles. The number of fused-ring (bicyclic) bond motifs is 1. The molecule has 0 bridgehead atoms. The summed E-state index contributed by atoms with van der Waals surface area (Å²) in [6.45, 7) is 1.89. The summed E-state index contributed by atoms with van der Waals surface area (Å²) in [7, 11) is 1.62. The van der Waals surface area contributed by atoms with E-state index in [0.717, 1.165) is 22.6 Å². The highest BCUT2D eigenvalue weighted by molar-refractivity contribution is 5.92. The lowest BCUT2D eigenvalue weighted by molar-refractivity contribution is -0.155. The molecule has 0 amide bonds. The lowest BCUT2D eigenvalue weighted by Gasteiger charge is -2.31. The minimum absolute atomic E-state index is 0.250. The lowest BCUT2D eigenvalue weighted by Crippen LogP contribution is -2.42. The fraction of sp³-hybridized carbons (Fsp3) is 0.174. The van der Waals surface area contributed by atoms with Crippen molar-refractivity contribution in [2.45, 2.75) is 19.1 Å². The maximum absolute atomic E-state index is 13.6. The number of rotatable bonds is 6. The van der Waals surface area contributed by atoms with Gasteiger partial charge in [-0.25, -0.2) is 4.39 Å². The average Bonchev–Trinajstić information content (AvgIpc) is 3.12. The van der Waals surface area contributed by atoms with E-state index in [1.54, 1.807) is 25.5 Å². The Bertz CT molecular complexity index is 1040. The molecule has 1 aliphatic rings. The standard InChI is InChI=1S/C23H23FN3O2/c1-16(25)23(17-7-5-8-21(14-17)28-2)29-27(20-12-10-19(24)11-13-20)22-9-4-3-6-18(22)15-26-27/h3-16,23H,25H2,1-2H3/q+1/t16-,23-,27?/m0/s1. The summed E-state index contributed by atoms with van der Waals surface area (Å²) in [5.74, 6) is 0.398. The topological polar surface area (TPSA) is 56.8 Å². The van der Waals surface area contributed by atoms with Crippen LogP contribution in [0.1, 0.15) is 24.2 Å². The highest BCUT2D eigenvalue weighted by Crippen LogP contribution is 2.44. The number of benzene rings is 3. The smallest absolute Gasteiger partial charge is 0.208 e. The summed E-state index contributed by atoms with van der Waals surface area (Å²) < 4.78 is 18.7. The molecule has 3 aromatic rings. The van der Waals surface area contributed by atoms with Gasteiger partial charge in [0.05, 0.1) is 12.7 Å². The van der Waals surface area contributed by atoms with E-state index in [-0.39, 0.29) is 16.6 Å². The van der Waals surface area contributed by atoms with Crippen LogP contribution in [0.15, 0.2) is 77.9 Å². The van der Waals surface area contributed by atoms with Gasteiger partial charge in [-0.2, -0.15) is 4.84 Å². The Hall–Kier alpha value is -3.06. The SMILES string of the molecule is COc1cccc([C@@H](O[N+]2(c3ccc(F)cc3)N=Cc3ccccc32)[C@H](C)N)c1. The summed E-state index contributed by atoms with van der Waals surface area (Å²) in [5.41, 5.74) is 9.66. The molecule has 4 rings (SSSR count). The van der Waals surface area contributed by atoms with Gasteiger partial charge in [0.1, 0.15) is 17.8 Å². The minimum Gasteiger partial charge on any atom is -0.497 e. The first kappa shape index (κ1) is 19.3. The maximum Gasteiger partial charge on any atom is 0.208 e. The predicted molar refractivity (Wildman–Crippen MR) is 112 cm³/mol. The Morgan fingerprint density at radius 2 is 1.76 bits per heavy atom. The number of methoxy groups -OCH3 is 1. The van der Waals surface area contributed by atoms with E-state index in [1.807, 2.05) is 55.5 Å². The first-order valence-electron chi connectivity index (χ1n) is 9.42. The molecular weight excluding hydrogens is 369 g/mol. The van der Waals surface area contributed by atoms with Crippen LogP contribution in [-0.2, 0) is 4.84 Å². The van der Waals surface area contributed by atoms with Gasteiger partial charge in [0.15, 0.2) is 11.8 Å². The van der Waals surface area contributed by atoms with E-state index < -0.39 is 6.10 Å². The van der Waals surface area contributed by atoms with Gasteiger partial charge in [0.25, 0.3) is 0 Å². The summed E-state index contributed by atoms with van der Waals surface area (Å²) in [5, 5.41) is 4.71. The number of quaternary nitrogens is 1. The third-order valence-electron chi connectivity index (χ3n) is 4.97. The van der Waals surface area contributed by atoms with Crippen LogP contribution < -0.4 is 15.2 Å². The number of nitrogens with two attached hydrogens (primary N) is 1. The molecule has 0 aromatic heterocycles. The number of ether oxygens (including phenoxy) is 1. The Kier molecular flexibility index (Phi) is 5.15. The van der Waals surface area contributed by atoms with E-state index >= 15 is 0 Å². The second kappa shape index (κ2) is 7.75. The molecule has 0 spiro atoms. The molecule has 1 unspecified atom stereocenters. The van der Waals surface area contributed by atoms with Gasteiger partial charge in [-0.1, -0.05) is 24.3 Å². The van der Waals surface area contributed by atoms with Crippen molar-refractivity contribution in [2.75, 3.05) is 7.11 Å². The molecule has 0 saturated heterocycles. The first-order chi connectivity index (χ1) is 14.0. The number of hydrogen-bond acceptors (Lipinski definition) is 4. The molecule has 148 valence electrons. The van der Waals surface area contributed by atoms with Crippen LogP contribution >= 0.6 is 0 Å². The fourth-order valence-electron chi connectivity index (χ4n) is 3.52. The predicted octanol–water partition coefficient (Wildman–Crippen LogP) is 4.84. The number of nitrogens with zero attached hydrogens (tertiary/aromatic N) is 2. The molecule has 3 aromatic carbocycles. The van der Waals surface area contributed by atoms with Crippen molar-refractivity contribution in [1.29, 1.82) is 0 Å². The van der Waals surface area contributed by atoms with Crippen molar-refractivity contribution in [3.05, 3.63) is 89.7 Å². The number of halogens is 1. The van der Waals surface area contributed by atoms with E-state index in [1.165, 1.54) is 12.1 Å². The van der Waals surface area contributed by atoms with Gasteiger partial charge in [0.2, 0.25) is 5.69 Å². The summed E-state index contributed by atoms with van der Waals surface area (Å²) >= 11 is 0. The van der Waals surface area contributed by atoms with E-state index in [0.29, 0.717) is 5.69 Å². The normalized spacial score (nSPS) is 19.6. The lowest BCUT2D eigenvalue weighted by atomic mass is 10.0. The van der Waals surface area contributed by atoms with Crippen LogP contribution in [0.5, 0.6) is 5.75 Å². The highest BCUT2D eigenvalue weighted by Gasteiger charge is 2.45. The van der Waals surface area contributed by atoms with E-state index in [9.17, 15) is 4.39 Å². The largest absolute Gasteiger partial charge is 0.497 e. The minimum atomic E-state index is -0.488. The van der Waals surface area contributed by atoms with Crippen molar-refractivity contribution < 1.29 is 14.0 Å². The molecule has 5 nitrogen and oxygen atoms in total. The van der Waals surface area contributed by atoms with Crippen molar-refractivity contribution in [1.82, 2.24) is 4.76 Å². The fourth-order valence-corrected chi connectivity index (χ4v) is 3.52. The zero-order valence-electron chi connectivity index (χ0n) is 16.3. The van der Waals surface area contributed by atoms with Gasteiger partial charge in [0, 0.05) is 29.0 Å². The van der Waals surface area contributed by atoms with Gasteiger partial charge in [-0.15, -0.1) is 0 Å². The first-order valence-corrected chi connectivity index (χ1v) is 9.42. The maximum atomic E-state index is 13.6. The van der Waals surface area contributed by atoms with Crippen molar-refractivity contribution in [2.24, 2.45) is 10.8 Å². The number of hydrogen-bond donors (Lipinski definition) is 1. The third kappa shape index (κ3) is 3.53. The quantitative estimate of drug-likeness (QED) is 0.611. The van der Waals surface area contributed by atoms with E-state index in [2.05, 4.69) is 0 Å². The van der Waals surface area contributed by atoms with Crippen molar-refractivity contribution in [3.8, 4) is 5.75 Å². The molecule has 2 N–H and O–H groups in total.